The molecule has 162 valence electrons. The van der Waals surface area contributed by atoms with Crippen LogP contribution in [0.5, 0.6) is 0 Å². The van der Waals surface area contributed by atoms with Gasteiger partial charge in [0.15, 0.2) is 6.10 Å². The fraction of sp³-hybridized carbons (Fsp3) is 0.409. The van der Waals surface area contributed by atoms with E-state index in [0.717, 1.165) is 35.3 Å². The Morgan fingerprint density at radius 2 is 2.00 bits per heavy atom. The number of carbonyl (C=O) groups excluding carboxylic acids is 2. The van der Waals surface area contributed by atoms with E-state index in [-0.39, 0.29) is 12.3 Å². The Hall–Kier alpha value is -2.94. The molecule has 3 aromatic rings. The van der Waals surface area contributed by atoms with E-state index in [0.29, 0.717) is 23.2 Å². The lowest BCUT2D eigenvalue weighted by Crippen LogP contribution is -2.43. The number of aromatic nitrogens is 4. The number of para-hydroxylation sites is 1. The summed E-state index contributed by atoms with van der Waals surface area (Å²) in [4.78, 5) is 36.2. The van der Waals surface area contributed by atoms with Gasteiger partial charge in [0.1, 0.15) is 0 Å². The first-order chi connectivity index (χ1) is 14.9. The summed E-state index contributed by atoms with van der Waals surface area (Å²) in [6.45, 7) is 5.96. The molecule has 1 amide bonds. The number of thioether (sulfide) groups is 1. The van der Waals surface area contributed by atoms with E-state index in [1.165, 1.54) is 11.8 Å². The number of hydrogen-bond acceptors (Lipinski definition) is 7. The van der Waals surface area contributed by atoms with Crippen molar-refractivity contribution in [2.45, 2.75) is 51.3 Å². The number of fused-ring (bicyclic) bond motifs is 2. The molecular weight excluding hydrogens is 414 g/mol. The van der Waals surface area contributed by atoms with Gasteiger partial charge in [0.05, 0.1) is 6.42 Å². The molecule has 0 aliphatic carbocycles. The zero-order valence-electron chi connectivity index (χ0n) is 18.1. The minimum absolute atomic E-state index is 0.0171. The van der Waals surface area contributed by atoms with Crippen LogP contribution in [0.2, 0.25) is 0 Å². The Morgan fingerprint density at radius 3 is 2.77 bits per heavy atom. The van der Waals surface area contributed by atoms with E-state index < -0.39 is 12.1 Å². The third kappa shape index (κ3) is 4.14. The predicted molar refractivity (Wildman–Crippen MR) is 118 cm³/mol. The summed E-state index contributed by atoms with van der Waals surface area (Å²) < 4.78 is 7.17. The maximum absolute atomic E-state index is 13.0. The van der Waals surface area contributed by atoms with Gasteiger partial charge in [-0.15, -0.1) is 5.10 Å². The number of amides is 1. The van der Waals surface area contributed by atoms with Crippen LogP contribution in [-0.4, -0.2) is 50.4 Å². The molecule has 0 saturated carbocycles. The lowest BCUT2D eigenvalue weighted by molar-refractivity contribution is -0.153. The number of nitrogens with zero attached hydrogens (tertiary/aromatic N) is 5. The van der Waals surface area contributed by atoms with Gasteiger partial charge < -0.3 is 9.64 Å². The normalized spacial score (nSPS) is 14.4. The predicted octanol–water partition coefficient (Wildman–Crippen LogP) is 2.92. The van der Waals surface area contributed by atoms with Crippen molar-refractivity contribution in [3.05, 3.63) is 46.8 Å². The number of anilines is 1. The molecule has 9 heteroatoms. The summed E-state index contributed by atoms with van der Waals surface area (Å²) in [7, 11) is 0. The zero-order valence-corrected chi connectivity index (χ0v) is 18.9. The second kappa shape index (κ2) is 8.66. The fourth-order valence-corrected chi connectivity index (χ4v) is 4.28. The van der Waals surface area contributed by atoms with E-state index in [2.05, 4.69) is 15.1 Å². The number of ether oxygens (including phenoxy) is 1. The largest absolute Gasteiger partial charge is 0.452 e. The van der Waals surface area contributed by atoms with Gasteiger partial charge in [0, 0.05) is 29.2 Å². The summed E-state index contributed by atoms with van der Waals surface area (Å²) in [5.41, 5.74) is 4.27. The SMILES string of the molecule is CSc1nc2nc(C)c(CC(=O)OC(C)C(=O)N3CCCc4ccccc43)c(C)n2n1. The number of benzene rings is 1. The molecule has 0 bridgehead atoms. The van der Waals surface area contributed by atoms with Crippen LogP contribution in [0, 0.1) is 13.8 Å². The standard InChI is InChI=1S/C22H25N5O3S/c1-13-17(14(2)27-21(23-13)24-22(25-27)31-4)12-19(28)30-15(3)20(29)26-11-7-9-16-8-5-6-10-18(16)26/h5-6,8,10,15H,7,9,11-12H2,1-4H3. The third-order valence-electron chi connectivity index (χ3n) is 5.57. The number of carbonyl (C=O) groups is 2. The molecule has 3 heterocycles. The van der Waals surface area contributed by atoms with Crippen LogP contribution in [0.3, 0.4) is 0 Å². The van der Waals surface area contributed by atoms with Crippen molar-refractivity contribution >= 4 is 35.1 Å². The molecule has 1 atom stereocenters. The Balaban J connectivity index is 1.48. The molecule has 4 rings (SSSR count). The van der Waals surface area contributed by atoms with Crippen molar-refractivity contribution in [2.24, 2.45) is 0 Å². The van der Waals surface area contributed by atoms with Crippen molar-refractivity contribution in [3.63, 3.8) is 0 Å². The van der Waals surface area contributed by atoms with Crippen LogP contribution in [0.25, 0.3) is 5.78 Å². The Kier molecular flexibility index (Phi) is 5.95. The highest BCUT2D eigenvalue weighted by Gasteiger charge is 2.28. The van der Waals surface area contributed by atoms with E-state index in [1.807, 2.05) is 44.4 Å². The maximum Gasteiger partial charge on any atom is 0.311 e. The molecule has 0 radical (unpaired) electrons. The first-order valence-electron chi connectivity index (χ1n) is 10.2. The van der Waals surface area contributed by atoms with Crippen LogP contribution in [0.1, 0.15) is 35.9 Å². The van der Waals surface area contributed by atoms with Crippen molar-refractivity contribution < 1.29 is 14.3 Å². The van der Waals surface area contributed by atoms with Crippen molar-refractivity contribution in [1.82, 2.24) is 19.6 Å². The third-order valence-corrected chi connectivity index (χ3v) is 6.10. The smallest absolute Gasteiger partial charge is 0.311 e. The number of hydrogen-bond donors (Lipinski definition) is 0. The van der Waals surface area contributed by atoms with Gasteiger partial charge in [-0.25, -0.2) is 9.50 Å². The average molecular weight is 440 g/mol. The molecule has 1 aliphatic heterocycles. The molecule has 8 nitrogen and oxygen atoms in total. The number of aryl methyl sites for hydroxylation is 3. The van der Waals surface area contributed by atoms with E-state index in [9.17, 15) is 9.59 Å². The van der Waals surface area contributed by atoms with Gasteiger partial charge in [-0.1, -0.05) is 30.0 Å². The van der Waals surface area contributed by atoms with Gasteiger partial charge in [-0.05, 0) is 51.5 Å². The van der Waals surface area contributed by atoms with Crippen molar-refractivity contribution in [3.8, 4) is 0 Å². The second-order valence-corrected chi connectivity index (χ2v) is 8.38. The highest BCUT2D eigenvalue weighted by molar-refractivity contribution is 7.98. The van der Waals surface area contributed by atoms with E-state index >= 15 is 0 Å². The van der Waals surface area contributed by atoms with E-state index in [4.69, 9.17) is 4.74 Å². The van der Waals surface area contributed by atoms with Crippen LogP contribution < -0.4 is 4.90 Å². The summed E-state index contributed by atoms with van der Waals surface area (Å²) in [6, 6.07) is 7.87. The Morgan fingerprint density at radius 1 is 1.23 bits per heavy atom. The first-order valence-corrected chi connectivity index (χ1v) is 11.5. The lowest BCUT2D eigenvalue weighted by atomic mass is 10.0. The molecule has 1 aromatic carbocycles. The molecule has 31 heavy (non-hydrogen) atoms. The van der Waals surface area contributed by atoms with E-state index in [1.54, 1.807) is 16.3 Å². The molecule has 0 spiro atoms. The van der Waals surface area contributed by atoms with Gasteiger partial charge in [0.2, 0.25) is 5.16 Å². The highest BCUT2D eigenvalue weighted by atomic mass is 32.2. The van der Waals surface area contributed by atoms with Gasteiger partial charge in [-0.2, -0.15) is 4.98 Å². The van der Waals surface area contributed by atoms with Crippen molar-refractivity contribution in [2.75, 3.05) is 17.7 Å². The monoisotopic (exact) mass is 439 g/mol. The minimum atomic E-state index is -0.870. The van der Waals surface area contributed by atoms with Gasteiger partial charge in [0.25, 0.3) is 11.7 Å². The highest BCUT2D eigenvalue weighted by Crippen LogP contribution is 2.27. The summed E-state index contributed by atoms with van der Waals surface area (Å²) >= 11 is 1.43. The number of rotatable bonds is 5. The Labute approximate surface area is 185 Å². The van der Waals surface area contributed by atoms with Crippen LogP contribution in [0.4, 0.5) is 5.69 Å². The molecular formula is C22H25N5O3S. The lowest BCUT2D eigenvalue weighted by Gasteiger charge is -2.31. The summed E-state index contributed by atoms with van der Waals surface area (Å²) in [5, 5.41) is 5.03. The fourth-order valence-electron chi connectivity index (χ4n) is 3.95. The minimum Gasteiger partial charge on any atom is -0.452 e. The second-order valence-electron chi connectivity index (χ2n) is 7.60. The molecule has 1 unspecified atom stereocenters. The summed E-state index contributed by atoms with van der Waals surface area (Å²) in [5.74, 6) is -0.170. The summed E-state index contributed by atoms with van der Waals surface area (Å²) in [6.07, 6.45) is 2.88. The number of esters is 1. The zero-order chi connectivity index (χ0) is 22.1. The molecule has 0 N–H and O–H groups in total. The van der Waals surface area contributed by atoms with Gasteiger partial charge in [-0.3, -0.25) is 9.59 Å². The van der Waals surface area contributed by atoms with Crippen LogP contribution >= 0.6 is 11.8 Å². The molecule has 1 aliphatic rings. The van der Waals surface area contributed by atoms with Crippen LogP contribution in [-0.2, 0) is 27.2 Å². The molecule has 2 aromatic heterocycles. The van der Waals surface area contributed by atoms with Gasteiger partial charge >= 0.3 is 5.97 Å². The Bertz CT molecular complexity index is 1160. The van der Waals surface area contributed by atoms with Crippen LogP contribution in [0.15, 0.2) is 29.4 Å². The molecule has 0 fully saturated rings. The topological polar surface area (TPSA) is 89.7 Å². The van der Waals surface area contributed by atoms with Crippen molar-refractivity contribution in [1.29, 1.82) is 0 Å². The first kappa shape index (κ1) is 21.3. The average Bonchev–Trinajstić information content (AvgIpc) is 3.19. The molecule has 0 saturated heterocycles. The maximum atomic E-state index is 13.0. The quantitative estimate of drug-likeness (QED) is 0.446.